The fourth-order valence-corrected chi connectivity index (χ4v) is 4.54. The van der Waals surface area contributed by atoms with Crippen molar-refractivity contribution in [2.45, 2.75) is 18.9 Å². The van der Waals surface area contributed by atoms with E-state index in [1.165, 1.54) is 26.2 Å². The largest absolute Gasteiger partial charge is 0.311 e. The molecule has 2 aromatic rings. The van der Waals surface area contributed by atoms with E-state index in [2.05, 4.69) is 67.5 Å². The molecule has 0 bridgehead atoms. The first-order chi connectivity index (χ1) is 8.74. The van der Waals surface area contributed by atoms with Gasteiger partial charge >= 0.3 is 0 Å². The number of nitrogens with one attached hydrogen (secondary N) is 1. The SMILES string of the molecule is Brc1cc(CNCC2Cc3ccccc32)sc1Br. The lowest BCUT2D eigenvalue weighted by Gasteiger charge is -2.30. The van der Waals surface area contributed by atoms with Crippen LogP contribution in [0.5, 0.6) is 0 Å². The van der Waals surface area contributed by atoms with E-state index in [4.69, 9.17) is 0 Å². The summed E-state index contributed by atoms with van der Waals surface area (Å²) in [5, 5.41) is 3.55. The standard InChI is InChI=1S/C14H13Br2NS/c15-13-6-11(18-14(13)16)8-17-7-10-5-9-3-1-2-4-12(9)10/h1-4,6,10,17H,5,7-8H2. The van der Waals surface area contributed by atoms with Crippen molar-refractivity contribution >= 4 is 43.2 Å². The quantitative estimate of drug-likeness (QED) is 0.802. The monoisotopic (exact) mass is 385 g/mol. The summed E-state index contributed by atoms with van der Waals surface area (Å²) in [6, 6.07) is 10.9. The summed E-state index contributed by atoms with van der Waals surface area (Å²) in [4.78, 5) is 1.36. The summed E-state index contributed by atoms with van der Waals surface area (Å²) < 4.78 is 2.33. The van der Waals surface area contributed by atoms with E-state index in [0.717, 1.165) is 17.6 Å². The fraction of sp³-hybridized carbons (Fsp3) is 0.286. The minimum atomic E-state index is 0.702. The Morgan fingerprint density at radius 1 is 1.28 bits per heavy atom. The van der Waals surface area contributed by atoms with E-state index in [0.29, 0.717) is 5.92 Å². The third-order valence-electron chi connectivity index (χ3n) is 3.35. The third kappa shape index (κ3) is 2.57. The summed E-state index contributed by atoms with van der Waals surface area (Å²) in [6.07, 6.45) is 1.22. The molecule has 1 unspecified atom stereocenters. The van der Waals surface area contributed by atoms with Gasteiger partial charge in [0.15, 0.2) is 0 Å². The minimum absolute atomic E-state index is 0.702. The second-order valence-corrected chi connectivity index (χ2v) is 7.87. The highest BCUT2D eigenvalue weighted by atomic mass is 79.9. The van der Waals surface area contributed by atoms with Crippen LogP contribution in [0.3, 0.4) is 0 Å². The summed E-state index contributed by atoms with van der Waals surface area (Å²) in [6.45, 7) is 2.03. The van der Waals surface area contributed by atoms with Gasteiger partial charge in [-0.25, -0.2) is 0 Å². The van der Waals surface area contributed by atoms with Crippen LogP contribution in [0.25, 0.3) is 0 Å². The maximum absolute atomic E-state index is 3.55. The third-order valence-corrected chi connectivity index (χ3v) is 6.60. The van der Waals surface area contributed by atoms with Crippen molar-refractivity contribution in [2.24, 2.45) is 0 Å². The van der Waals surface area contributed by atoms with Gasteiger partial charge in [0, 0.05) is 28.4 Å². The highest BCUT2D eigenvalue weighted by molar-refractivity contribution is 9.13. The number of fused-ring (bicyclic) bond motifs is 1. The number of halogens is 2. The van der Waals surface area contributed by atoms with Crippen LogP contribution in [-0.4, -0.2) is 6.54 Å². The summed E-state index contributed by atoms with van der Waals surface area (Å²) in [5.41, 5.74) is 3.05. The molecule has 0 saturated heterocycles. The van der Waals surface area contributed by atoms with Gasteiger partial charge in [-0.1, -0.05) is 24.3 Å². The molecule has 0 saturated carbocycles. The van der Waals surface area contributed by atoms with E-state index in [1.54, 1.807) is 11.3 Å². The van der Waals surface area contributed by atoms with Crippen molar-refractivity contribution in [1.82, 2.24) is 5.32 Å². The van der Waals surface area contributed by atoms with Crippen molar-refractivity contribution in [3.05, 3.63) is 54.6 Å². The van der Waals surface area contributed by atoms with Gasteiger partial charge < -0.3 is 5.32 Å². The average molecular weight is 387 g/mol. The van der Waals surface area contributed by atoms with Crippen LogP contribution >= 0.6 is 43.2 Å². The first kappa shape index (κ1) is 12.9. The van der Waals surface area contributed by atoms with E-state index >= 15 is 0 Å². The second kappa shape index (κ2) is 5.45. The topological polar surface area (TPSA) is 12.0 Å². The Morgan fingerprint density at radius 3 is 2.83 bits per heavy atom. The van der Waals surface area contributed by atoms with Crippen LogP contribution in [-0.2, 0) is 13.0 Å². The zero-order chi connectivity index (χ0) is 12.5. The van der Waals surface area contributed by atoms with E-state index in [9.17, 15) is 0 Å². The van der Waals surface area contributed by atoms with E-state index in [1.807, 2.05) is 0 Å². The number of benzene rings is 1. The molecule has 0 radical (unpaired) electrons. The van der Waals surface area contributed by atoms with Crippen LogP contribution in [0.2, 0.25) is 0 Å². The molecule has 3 rings (SSSR count). The van der Waals surface area contributed by atoms with E-state index in [-0.39, 0.29) is 0 Å². The molecule has 0 fully saturated rings. The Morgan fingerprint density at radius 2 is 2.11 bits per heavy atom. The Labute approximate surface area is 128 Å². The lowest BCUT2D eigenvalue weighted by molar-refractivity contribution is 0.537. The molecule has 1 heterocycles. The fourth-order valence-electron chi connectivity index (χ4n) is 2.39. The van der Waals surface area contributed by atoms with Crippen molar-refractivity contribution < 1.29 is 0 Å². The predicted molar refractivity (Wildman–Crippen MR) is 84.3 cm³/mol. The van der Waals surface area contributed by atoms with Crippen LogP contribution < -0.4 is 5.32 Å². The molecule has 94 valence electrons. The summed E-state index contributed by atoms with van der Waals surface area (Å²) in [5.74, 6) is 0.702. The van der Waals surface area contributed by atoms with Gasteiger partial charge in [0.25, 0.3) is 0 Å². The number of hydrogen-bond acceptors (Lipinski definition) is 2. The van der Waals surface area contributed by atoms with Crippen molar-refractivity contribution in [2.75, 3.05) is 6.54 Å². The molecular formula is C14H13Br2NS. The molecule has 4 heteroatoms. The van der Waals surface area contributed by atoms with Gasteiger partial charge in [0.05, 0.1) is 3.79 Å². The van der Waals surface area contributed by atoms with Gasteiger partial charge in [-0.3, -0.25) is 0 Å². The van der Waals surface area contributed by atoms with Crippen molar-refractivity contribution in [1.29, 1.82) is 0 Å². The number of thiophene rings is 1. The Hall–Kier alpha value is -0.160. The van der Waals surface area contributed by atoms with Gasteiger partial charge in [-0.15, -0.1) is 11.3 Å². The van der Waals surface area contributed by atoms with Gasteiger partial charge in [-0.05, 0) is 55.5 Å². The average Bonchev–Trinajstić information content (AvgIpc) is 2.65. The lowest BCUT2D eigenvalue weighted by Crippen LogP contribution is -2.28. The highest BCUT2D eigenvalue weighted by Gasteiger charge is 2.24. The number of hydrogen-bond donors (Lipinski definition) is 1. The van der Waals surface area contributed by atoms with Crippen LogP contribution in [0, 0.1) is 0 Å². The molecule has 1 aromatic heterocycles. The Bertz CT molecular complexity index is 545. The van der Waals surface area contributed by atoms with Gasteiger partial charge in [0.1, 0.15) is 0 Å². The number of rotatable bonds is 4. The van der Waals surface area contributed by atoms with Crippen LogP contribution in [0.15, 0.2) is 38.6 Å². The molecule has 0 aliphatic heterocycles. The van der Waals surface area contributed by atoms with Gasteiger partial charge in [-0.2, -0.15) is 0 Å². The maximum atomic E-state index is 3.55. The molecule has 0 amide bonds. The Kier molecular flexibility index (Phi) is 3.89. The molecule has 1 N–H and O–H groups in total. The molecule has 18 heavy (non-hydrogen) atoms. The Balaban J connectivity index is 1.52. The van der Waals surface area contributed by atoms with Crippen LogP contribution in [0.1, 0.15) is 21.9 Å². The van der Waals surface area contributed by atoms with Crippen molar-refractivity contribution in [3.8, 4) is 0 Å². The zero-order valence-electron chi connectivity index (χ0n) is 9.75. The first-order valence-corrected chi connectivity index (χ1v) is 8.36. The highest BCUT2D eigenvalue weighted by Crippen LogP contribution is 2.35. The predicted octanol–water partition coefficient (Wildman–Crippen LogP) is 4.70. The maximum Gasteiger partial charge on any atom is 0.0843 e. The molecule has 1 aliphatic carbocycles. The summed E-state index contributed by atoms with van der Waals surface area (Å²) >= 11 is 8.83. The van der Waals surface area contributed by atoms with E-state index < -0.39 is 0 Å². The molecular weight excluding hydrogens is 374 g/mol. The normalized spacial score (nSPS) is 17.3. The molecule has 1 nitrogen and oxygen atoms in total. The molecule has 1 atom stereocenters. The summed E-state index contributed by atoms with van der Waals surface area (Å²) in [7, 11) is 0. The van der Waals surface area contributed by atoms with Crippen LogP contribution in [0.4, 0.5) is 0 Å². The zero-order valence-corrected chi connectivity index (χ0v) is 13.7. The van der Waals surface area contributed by atoms with Gasteiger partial charge in [0.2, 0.25) is 0 Å². The minimum Gasteiger partial charge on any atom is -0.311 e. The smallest absolute Gasteiger partial charge is 0.0843 e. The lowest BCUT2D eigenvalue weighted by atomic mass is 9.77. The first-order valence-electron chi connectivity index (χ1n) is 5.96. The molecule has 0 spiro atoms. The van der Waals surface area contributed by atoms with Crippen molar-refractivity contribution in [3.63, 3.8) is 0 Å². The second-order valence-electron chi connectivity index (χ2n) is 4.57. The molecule has 1 aliphatic rings. The molecule has 1 aromatic carbocycles.